The highest BCUT2D eigenvalue weighted by molar-refractivity contribution is 5.13. The number of halogens is 3. The molecule has 1 saturated carbocycles. The van der Waals surface area contributed by atoms with E-state index in [4.69, 9.17) is 0 Å². The Bertz CT molecular complexity index is 442. The summed E-state index contributed by atoms with van der Waals surface area (Å²) in [5.41, 5.74) is 1.91. The second-order valence-electron chi connectivity index (χ2n) is 6.02. The van der Waals surface area contributed by atoms with Gasteiger partial charge in [0.2, 0.25) is 0 Å². The van der Waals surface area contributed by atoms with Gasteiger partial charge in [-0.3, -0.25) is 4.98 Å². The Kier molecular flexibility index (Phi) is 5.25. The van der Waals surface area contributed by atoms with Crippen molar-refractivity contribution in [2.75, 3.05) is 7.05 Å². The molecule has 1 heterocycles. The third-order valence-corrected chi connectivity index (χ3v) is 4.53. The Balaban J connectivity index is 2.12. The minimum atomic E-state index is -4.10. The molecule has 3 unspecified atom stereocenters. The number of hydrogen-bond donors (Lipinski definition) is 1. The molecule has 5 heteroatoms. The summed E-state index contributed by atoms with van der Waals surface area (Å²) in [5, 5.41) is 3.10. The summed E-state index contributed by atoms with van der Waals surface area (Å²) in [5.74, 6) is -1.54. The van der Waals surface area contributed by atoms with Crippen molar-refractivity contribution in [3.8, 4) is 0 Å². The second-order valence-corrected chi connectivity index (χ2v) is 6.02. The van der Waals surface area contributed by atoms with Gasteiger partial charge in [0.1, 0.15) is 0 Å². The van der Waals surface area contributed by atoms with E-state index in [0.29, 0.717) is 19.3 Å². The van der Waals surface area contributed by atoms with Crippen molar-refractivity contribution < 1.29 is 13.2 Å². The lowest BCUT2D eigenvalue weighted by Crippen LogP contribution is -2.45. The number of pyridine rings is 1. The summed E-state index contributed by atoms with van der Waals surface area (Å²) >= 11 is 0. The number of alkyl halides is 3. The highest BCUT2D eigenvalue weighted by Crippen LogP contribution is 2.43. The SMILES string of the molecule is CNC(Cc1ccc(C)cn1)C1CCCCC1C(F)(F)F. The van der Waals surface area contributed by atoms with Gasteiger partial charge < -0.3 is 5.32 Å². The molecule has 118 valence electrons. The van der Waals surface area contributed by atoms with Crippen molar-refractivity contribution in [2.45, 2.75) is 51.2 Å². The van der Waals surface area contributed by atoms with E-state index < -0.39 is 12.1 Å². The minimum Gasteiger partial charge on any atom is -0.316 e. The van der Waals surface area contributed by atoms with E-state index >= 15 is 0 Å². The van der Waals surface area contributed by atoms with Gasteiger partial charge in [0.15, 0.2) is 0 Å². The second kappa shape index (κ2) is 6.77. The van der Waals surface area contributed by atoms with Crippen LogP contribution in [0.5, 0.6) is 0 Å². The lowest BCUT2D eigenvalue weighted by molar-refractivity contribution is -0.199. The molecule has 0 saturated heterocycles. The maximum atomic E-state index is 13.2. The summed E-state index contributed by atoms with van der Waals surface area (Å²) in [6.45, 7) is 1.95. The van der Waals surface area contributed by atoms with Gasteiger partial charge in [0.05, 0.1) is 5.92 Å². The Morgan fingerprint density at radius 3 is 2.57 bits per heavy atom. The number of hydrogen-bond acceptors (Lipinski definition) is 2. The molecule has 0 aliphatic heterocycles. The zero-order chi connectivity index (χ0) is 15.5. The van der Waals surface area contributed by atoms with Gasteiger partial charge in [-0.25, -0.2) is 0 Å². The third-order valence-electron chi connectivity index (χ3n) is 4.53. The molecule has 1 aliphatic carbocycles. The molecule has 1 N–H and O–H groups in total. The average Bonchev–Trinajstić information content (AvgIpc) is 2.46. The largest absolute Gasteiger partial charge is 0.392 e. The first-order valence-corrected chi connectivity index (χ1v) is 7.57. The van der Waals surface area contributed by atoms with E-state index in [1.54, 1.807) is 13.2 Å². The first-order valence-electron chi connectivity index (χ1n) is 7.57. The summed E-state index contributed by atoms with van der Waals surface area (Å²) in [6, 6.07) is 3.69. The van der Waals surface area contributed by atoms with Crippen molar-refractivity contribution >= 4 is 0 Å². The van der Waals surface area contributed by atoms with E-state index in [1.165, 1.54) is 0 Å². The molecule has 21 heavy (non-hydrogen) atoms. The molecular weight excluding hydrogens is 277 g/mol. The van der Waals surface area contributed by atoms with Crippen molar-refractivity contribution in [2.24, 2.45) is 11.8 Å². The Labute approximate surface area is 124 Å². The van der Waals surface area contributed by atoms with E-state index in [9.17, 15) is 13.2 Å². The number of nitrogens with one attached hydrogen (secondary N) is 1. The molecule has 0 aromatic carbocycles. The molecule has 1 fully saturated rings. The van der Waals surface area contributed by atoms with Crippen LogP contribution in [0, 0.1) is 18.8 Å². The zero-order valence-electron chi connectivity index (χ0n) is 12.6. The molecule has 2 nitrogen and oxygen atoms in total. The van der Waals surface area contributed by atoms with Crippen LogP contribution in [0.2, 0.25) is 0 Å². The maximum absolute atomic E-state index is 13.2. The third kappa shape index (κ3) is 4.19. The topological polar surface area (TPSA) is 24.9 Å². The molecule has 1 aromatic rings. The highest BCUT2D eigenvalue weighted by atomic mass is 19.4. The average molecular weight is 300 g/mol. The van der Waals surface area contributed by atoms with Crippen LogP contribution in [0.25, 0.3) is 0 Å². The van der Waals surface area contributed by atoms with Crippen LogP contribution in [0.4, 0.5) is 13.2 Å². The monoisotopic (exact) mass is 300 g/mol. The first kappa shape index (κ1) is 16.3. The van der Waals surface area contributed by atoms with Crippen LogP contribution in [-0.2, 0) is 6.42 Å². The molecular formula is C16H23F3N2. The molecule has 2 rings (SSSR count). The van der Waals surface area contributed by atoms with Crippen LogP contribution in [0.1, 0.15) is 36.9 Å². The summed E-state index contributed by atoms with van der Waals surface area (Å²) in [6.07, 6.45) is 0.685. The molecule has 3 atom stereocenters. The van der Waals surface area contributed by atoms with Crippen molar-refractivity contribution in [3.63, 3.8) is 0 Å². The predicted molar refractivity (Wildman–Crippen MR) is 77.0 cm³/mol. The van der Waals surface area contributed by atoms with E-state index in [0.717, 1.165) is 17.7 Å². The number of aromatic nitrogens is 1. The number of likely N-dealkylation sites (N-methyl/N-ethyl adjacent to an activating group) is 1. The van der Waals surface area contributed by atoms with Gasteiger partial charge in [-0.15, -0.1) is 0 Å². The van der Waals surface area contributed by atoms with E-state index in [1.807, 2.05) is 19.1 Å². The maximum Gasteiger partial charge on any atom is 0.392 e. The summed E-state index contributed by atoms with van der Waals surface area (Å²) < 4.78 is 39.7. The standard InChI is InChI=1S/C16H23F3N2/c1-11-7-8-12(21-10-11)9-15(20-2)13-5-3-4-6-14(13)16(17,18)19/h7-8,10,13-15,20H,3-6,9H2,1-2H3. The fourth-order valence-corrected chi connectivity index (χ4v) is 3.36. The number of aryl methyl sites for hydroxylation is 1. The molecule has 1 aromatic heterocycles. The minimum absolute atomic E-state index is 0.174. The normalized spacial score (nSPS) is 24.8. The van der Waals surface area contributed by atoms with Gasteiger partial charge in [-0.1, -0.05) is 18.9 Å². The van der Waals surface area contributed by atoms with Crippen LogP contribution in [0.3, 0.4) is 0 Å². The van der Waals surface area contributed by atoms with Crippen molar-refractivity contribution in [3.05, 3.63) is 29.6 Å². The fraction of sp³-hybridized carbons (Fsp3) is 0.688. The smallest absolute Gasteiger partial charge is 0.316 e. The molecule has 0 spiro atoms. The van der Waals surface area contributed by atoms with E-state index in [2.05, 4.69) is 10.3 Å². The van der Waals surface area contributed by atoms with Gasteiger partial charge in [-0.05, 0) is 44.4 Å². The molecule has 0 radical (unpaired) electrons. The van der Waals surface area contributed by atoms with E-state index in [-0.39, 0.29) is 18.4 Å². The summed E-state index contributed by atoms with van der Waals surface area (Å²) in [4.78, 5) is 4.33. The summed E-state index contributed by atoms with van der Waals surface area (Å²) in [7, 11) is 1.75. The lowest BCUT2D eigenvalue weighted by Gasteiger charge is -2.38. The zero-order valence-corrected chi connectivity index (χ0v) is 12.6. The predicted octanol–water partition coefficient (Wildman–Crippen LogP) is 3.89. The fourth-order valence-electron chi connectivity index (χ4n) is 3.36. The van der Waals surface area contributed by atoms with Crippen LogP contribution < -0.4 is 5.32 Å². The van der Waals surface area contributed by atoms with Gasteiger partial charge in [0, 0.05) is 24.4 Å². The molecule has 0 amide bonds. The number of rotatable bonds is 4. The Hall–Kier alpha value is -1.10. The lowest BCUT2D eigenvalue weighted by atomic mass is 9.73. The van der Waals surface area contributed by atoms with Crippen molar-refractivity contribution in [1.29, 1.82) is 0 Å². The van der Waals surface area contributed by atoms with Gasteiger partial charge in [-0.2, -0.15) is 13.2 Å². The molecule has 1 aliphatic rings. The van der Waals surface area contributed by atoms with Gasteiger partial charge in [0.25, 0.3) is 0 Å². The van der Waals surface area contributed by atoms with Gasteiger partial charge >= 0.3 is 6.18 Å². The molecule has 0 bridgehead atoms. The Morgan fingerprint density at radius 2 is 2.00 bits per heavy atom. The van der Waals surface area contributed by atoms with Crippen molar-refractivity contribution in [1.82, 2.24) is 10.3 Å². The van der Waals surface area contributed by atoms with Crippen LogP contribution >= 0.6 is 0 Å². The van der Waals surface area contributed by atoms with Crippen LogP contribution in [-0.4, -0.2) is 24.2 Å². The quantitative estimate of drug-likeness (QED) is 0.912. The first-order chi connectivity index (χ1) is 9.91. The van der Waals surface area contributed by atoms with Crippen LogP contribution in [0.15, 0.2) is 18.3 Å². The number of nitrogens with zero attached hydrogens (tertiary/aromatic N) is 1. The highest BCUT2D eigenvalue weighted by Gasteiger charge is 2.47. The Morgan fingerprint density at radius 1 is 1.29 bits per heavy atom.